The van der Waals surface area contributed by atoms with Gasteiger partial charge < -0.3 is 14.5 Å². The highest BCUT2D eigenvalue weighted by molar-refractivity contribution is 5.95. The van der Waals surface area contributed by atoms with E-state index in [-0.39, 0.29) is 11.5 Å². The number of piperidine rings is 1. The molecule has 0 radical (unpaired) electrons. The normalized spacial score (nSPS) is 20.7. The fourth-order valence-corrected chi connectivity index (χ4v) is 4.09. The van der Waals surface area contributed by atoms with Crippen LogP contribution in [-0.4, -0.2) is 55.0 Å². The minimum absolute atomic E-state index is 0.121. The van der Waals surface area contributed by atoms with Gasteiger partial charge >= 0.3 is 0 Å². The lowest BCUT2D eigenvalue weighted by atomic mass is 9.89. The largest absolute Gasteiger partial charge is 0.491 e. The van der Waals surface area contributed by atoms with Crippen LogP contribution in [0.4, 0.5) is 8.78 Å². The van der Waals surface area contributed by atoms with E-state index in [0.717, 1.165) is 18.9 Å². The van der Waals surface area contributed by atoms with E-state index in [0.29, 0.717) is 25.0 Å². The van der Waals surface area contributed by atoms with Gasteiger partial charge in [0.2, 0.25) is 0 Å². The smallest absolute Gasteiger partial charge is 0.256 e. The molecule has 1 amide bonds. The molecule has 6 heteroatoms. The fraction of sp³-hybridized carbons (Fsp3) is 0.632. The van der Waals surface area contributed by atoms with Crippen LogP contribution in [0.5, 0.6) is 5.75 Å². The lowest BCUT2D eigenvalue weighted by molar-refractivity contribution is 0.0619. The Morgan fingerprint density at radius 2 is 1.80 bits per heavy atom. The van der Waals surface area contributed by atoms with E-state index in [4.69, 9.17) is 4.74 Å². The Hall–Kier alpha value is -1.69. The van der Waals surface area contributed by atoms with Crippen LogP contribution in [-0.2, 0) is 0 Å². The van der Waals surface area contributed by atoms with Gasteiger partial charge in [0.1, 0.15) is 0 Å². The van der Waals surface area contributed by atoms with Crippen molar-refractivity contribution >= 4 is 5.91 Å². The van der Waals surface area contributed by atoms with Crippen molar-refractivity contribution in [2.45, 2.75) is 38.6 Å². The third-order valence-corrected chi connectivity index (χ3v) is 5.71. The molecule has 25 heavy (non-hydrogen) atoms. The lowest BCUT2D eigenvalue weighted by Gasteiger charge is -2.38. The van der Waals surface area contributed by atoms with Crippen molar-refractivity contribution in [1.82, 2.24) is 9.80 Å². The number of carbonyl (C=O) groups is 1. The number of ether oxygens (including phenoxy) is 1. The van der Waals surface area contributed by atoms with E-state index in [1.807, 2.05) is 0 Å². The van der Waals surface area contributed by atoms with Crippen molar-refractivity contribution in [2.75, 3.05) is 33.3 Å². The van der Waals surface area contributed by atoms with Crippen LogP contribution in [0.1, 0.15) is 43.0 Å². The summed E-state index contributed by atoms with van der Waals surface area (Å²) in [5.74, 6) is -2.03. The van der Waals surface area contributed by atoms with Gasteiger partial charge in [0.15, 0.2) is 17.4 Å². The standard InChI is InChI=1S/C19H26F2N2O2/c1-13(22-9-3-4-10-22)14-7-11-23(12-8-14)19(24)15-5-6-16(20)18(25-2)17(15)21/h5-6,13-14H,3-4,7-12H2,1-2H3/t13-/m1/s1. The van der Waals surface area contributed by atoms with Gasteiger partial charge in [-0.2, -0.15) is 0 Å². The molecule has 2 heterocycles. The highest BCUT2D eigenvalue weighted by atomic mass is 19.1. The van der Waals surface area contributed by atoms with Crippen LogP contribution in [0.15, 0.2) is 12.1 Å². The summed E-state index contributed by atoms with van der Waals surface area (Å²) in [5.41, 5.74) is -0.121. The maximum absolute atomic E-state index is 14.3. The van der Waals surface area contributed by atoms with Crippen molar-refractivity contribution in [2.24, 2.45) is 5.92 Å². The maximum Gasteiger partial charge on any atom is 0.256 e. The molecule has 3 rings (SSSR count). The summed E-state index contributed by atoms with van der Waals surface area (Å²) in [6.07, 6.45) is 4.38. The highest BCUT2D eigenvalue weighted by Gasteiger charge is 2.32. The van der Waals surface area contributed by atoms with Gasteiger partial charge in [0.25, 0.3) is 5.91 Å². The molecular formula is C19H26F2N2O2. The van der Waals surface area contributed by atoms with Crippen LogP contribution in [0.25, 0.3) is 0 Å². The molecule has 0 aliphatic carbocycles. The van der Waals surface area contributed by atoms with Crippen molar-refractivity contribution in [3.63, 3.8) is 0 Å². The van der Waals surface area contributed by atoms with Crippen molar-refractivity contribution in [3.8, 4) is 5.75 Å². The molecule has 2 aliphatic rings. The molecule has 138 valence electrons. The summed E-state index contributed by atoms with van der Waals surface area (Å²) in [5, 5.41) is 0. The van der Waals surface area contributed by atoms with Crippen molar-refractivity contribution < 1.29 is 18.3 Å². The van der Waals surface area contributed by atoms with Gasteiger partial charge in [-0.3, -0.25) is 4.79 Å². The van der Waals surface area contributed by atoms with E-state index < -0.39 is 17.4 Å². The van der Waals surface area contributed by atoms with E-state index in [1.165, 1.54) is 39.1 Å². The summed E-state index contributed by atoms with van der Waals surface area (Å²) in [6.45, 7) is 5.83. The van der Waals surface area contributed by atoms with Gasteiger partial charge in [0, 0.05) is 19.1 Å². The average molecular weight is 352 g/mol. The molecule has 2 saturated heterocycles. The molecule has 0 spiro atoms. The number of rotatable bonds is 4. The summed E-state index contributed by atoms with van der Waals surface area (Å²) < 4.78 is 32.6. The molecule has 2 fully saturated rings. The monoisotopic (exact) mass is 352 g/mol. The van der Waals surface area contributed by atoms with Gasteiger partial charge in [-0.1, -0.05) is 0 Å². The first-order chi connectivity index (χ1) is 12.0. The molecule has 2 aliphatic heterocycles. The Bertz CT molecular complexity index is 624. The molecule has 1 aromatic rings. The summed E-state index contributed by atoms with van der Waals surface area (Å²) >= 11 is 0. The van der Waals surface area contributed by atoms with Crippen LogP contribution >= 0.6 is 0 Å². The molecule has 1 aromatic carbocycles. The first-order valence-corrected chi connectivity index (χ1v) is 9.08. The lowest BCUT2D eigenvalue weighted by Crippen LogP contribution is -2.45. The van der Waals surface area contributed by atoms with Gasteiger partial charge in [-0.25, -0.2) is 8.78 Å². The number of halogens is 2. The molecule has 0 aromatic heterocycles. The second-order valence-electron chi connectivity index (χ2n) is 7.06. The van der Waals surface area contributed by atoms with E-state index >= 15 is 0 Å². The third kappa shape index (κ3) is 3.64. The number of amides is 1. The van der Waals surface area contributed by atoms with Crippen LogP contribution < -0.4 is 4.74 Å². The minimum atomic E-state index is -0.917. The number of likely N-dealkylation sites (tertiary alicyclic amines) is 2. The molecular weight excluding hydrogens is 326 g/mol. The molecule has 0 N–H and O–H groups in total. The van der Waals surface area contributed by atoms with Crippen LogP contribution in [0.2, 0.25) is 0 Å². The number of hydrogen-bond donors (Lipinski definition) is 0. The maximum atomic E-state index is 14.3. The number of hydrogen-bond acceptors (Lipinski definition) is 3. The SMILES string of the molecule is COc1c(F)ccc(C(=O)N2CCC([C@@H](C)N3CCCC3)CC2)c1F. The predicted molar refractivity (Wildman–Crippen MR) is 91.8 cm³/mol. The first kappa shape index (κ1) is 18.1. The fourth-order valence-electron chi connectivity index (χ4n) is 4.09. The molecule has 0 bridgehead atoms. The first-order valence-electron chi connectivity index (χ1n) is 9.08. The topological polar surface area (TPSA) is 32.8 Å². The Morgan fingerprint density at radius 3 is 2.40 bits per heavy atom. The van der Waals surface area contributed by atoms with Crippen molar-refractivity contribution in [3.05, 3.63) is 29.3 Å². The molecule has 0 unspecified atom stereocenters. The van der Waals surface area contributed by atoms with Crippen LogP contribution in [0, 0.1) is 17.6 Å². The van der Waals surface area contributed by atoms with Gasteiger partial charge in [-0.05, 0) is 63.7 Å². The minimum Gasteiger partial charge on any atom is -0.491 e. The van der Waals surface area contributed by atoms with Gasteiger partial charge in [-0.15, -0.1) is 0 Å². The Morgan fingerprint density at radius 1 is 1.16 bits per heavy atom. The quantitative estimate of drug-likeness (QED) is 0.833. The molecule has 0 saturated carbocycles. The van der Waals surface area contributed by atoms with Crippen molar-refractivity contribution in [1.29, 1.82) is 0 Å². The Balaban J connectivity index is 1.64. The zero-order valence-electron chi connectivity index (χ0n) is 14.9. The van der Waals surface area contributed by atoms with E-state index in [2.05, 4.69) is 11.8 Å². The summed E-state index contributed by atoms with van der Waals surface area (Å²) in [6, 6.07) is 2.81. The average Bonchev–Trinajstić information content (AvgIpc) is 3.16. The second kappa shape index (κ2) is 7.68. The second-order valence-corrected chi connectivity index (χ2v) is 7.06. The highest BCUT2D eigenvalue weighted by Crippen LogP contribution is 2.29. The van der Waals surface area contributed by atoms with Crippen LogP contribution in [0.3, 0.4) is 0 Å². The number of carbonyl (C=O) groups excluding carboxylic acids is 1. The Labute approximate surface area is 147 Å². The zero-order valence-corrected chi connectivity index (χ0v) is 14.9. The van der Waals surface area contributed by atoms with Gasteiger partial charge in [0.05, 0.1) is 12.7 Å². The van der Waals surface area contributed by atoms with E-state index in [1.54, 1.807) is 4.90 Å². The number of benzene rings is 1. The van der Waals surface area contributed by atoms with E-state index in [9.17, 15) is 13.6 Å². The Kier molecular flexibility index (Phi) is 5.57. The predicted octanol–water partition coefficient (Wildman–Crippen LogP) is 3.31. The number of methoxy groups -OCH3 is 1. The number of nitrogens with zero attached hydrogens (tertiary/aromatic N) is 2. The molecule has 1 atom stereocenters. The summed E-state index contributed by atoms with van der Waals surface area (Å²) in [4.78, 5) is 16.8. The molecule has 4 nitrogen and oxygen atoms in total. The zero-order chi connectivity index (χ0) is 18.0. The third-order valence-electron chi connectivity index (χ3n) is 5.71. The summed E-state index contributed by atoms with van der Waals surface area (Å²) in [7, 11) is 1.20.